The van der Waals surface area contributed by atoms with Crippen LogP contribution in [-0.4, -0.2) is 23.8 Å². The molecule has 0 bridgehead atoms. The summed E-state index contributed by atoms with van der Waals surface area (Å²) in [6, 6.07) is 5.52. The molecule has 0 fully saturated rings. The van der Waals surface area contributed by atoms with Crippen molar-refractivity contribution in [3.63, 3.8) is 0 Å². The second-order valence-corrected chi connectivity index (χ2v) is 4.58. The van der Waals surface area contributed by atoms with Crippen LogP contribution in [0.1, 0.15) is 31.4 Å². The molecule has 0 saturated carbocycles. The van der Waals surface area contributed by atoms with E-state index in [1.807, 2.05) is 39.0 Å². The highest BCUT2D eigenvalue weighted by molar-refractivity contribution is 5.91. The van der Waals surface area contributed by atoms with Gasteiger partial charge in [-0.15, -0.1) is 0 Å². The van der Waals surface area contributed by atoms with E-state index < -0.39 is 0 Å². The molecule has 0 saturated heterocycles. The number of aryl methyl sites for hydroxylation is 1. The fourth-order valence-electron chi connectivity index (χ4n) is 1.50. The number of hydrogen-bond donors (Lipinski definition) is 3. The number of aliphatic hydroxyl groups is 1. The predicted octanol–water partition coefficient (Wildman–Crippen LogP) is 2.26. The van der Waals surface area contributed by atoms with Gasteiger partial charge in [-0.05, 0) is 38.5 Å². The van der Waals surface area contributed by atoms with Gasteiger partial charge in [0.15, 0.2) is 0 Å². The van der Waals surface area contributed by atoms with Gasteiger partial charge in [0.1, 0.15) is 0 Å². The molecule has 0 aliphatic rings. The van der Waals surface area contributed by atoms with E-state index in [0.717, 1.165) is 11.1 Å². The van der Waals surface area contributed by atoms with Crippen LogP contribution in [0.4, 0.5) is 10.5 Å². The maximum Gasteiger partial charge on any atom is 0.319 e. The summed E-state index contributed by atoms with van der Waals surface area (Å²) >= 11 is 0. The van der Waals surface area contributed by atoms with Gasteiger partial charge in [0, 0.05) is 18.0 Å². The number of carbonyl (C=O) groups is 1. The molecule has 0 heterocycles. The molecule has 0 unspecified atom stereocenters. The molecule has 0 aliphatic heterocycles. The Bertz CT molecular complexity index is 499. The van der Waals surface area contributed by atoms with Crippen molar-refractivity contribution in [2.75, 3.05) is 11.9 Å². The van der Waals surface area contributed by atoms with E-state index in [0.29, 0.717) is 12.1 Å². The van der Waals surface area contributed by atoms with Gasteiger partial charge in [0.25, 0.3) is 0 Å². The third kappa shape index (κ3) is 5.45. The van der Waals surface area contributed by atoms with Gasteiger partial charge < -0.3 is 15.7 Å². The van der Waals surface area contributed by atoms with E-state index in [9.17, 15) is 4.79 Å². The number of benzene rings is 1. The van der Waals surface area contributed by atoms with E-state index in [4.69, 9.17) is 5.11 Å². The molecular weight excluding hydrogens is 240 g/mol. The highest BCUT2D eigenvalue weighted by atomic mass is 16.2. The molecule has 0 spiro atoms. The van der Waals surface area contributed by atoms with Crippen molar-refractivity contribution in [2.45, 2.75) is 33.2 Å². The van der Waals surface area contributed by atoms with E-state index >= 15 is 0 Å². The van der Waals surface area contributed by atoms with Crippen LogP contribution in [0.5, 0.6) is 0 Å². The van der Waals surface area contributed by atoms with Crippen LogP contribution in [0.15, 0.2) is 18.2 Å². The third-order valence-electron chi connectivity index (χ3n) is 2.30. The monoisotopic (exact) mass is 260 g/mol. The molecule has 0 radical (unpaired) electrons. The zero-order valence-corrected chi connectivity index (χ0v) is 11.6. The molecular formula is C15H20N2O2. The van der Waals surface area contributed by atoms with E-state index in [2.05, 4.69) is 22.5 Å². The molecule has 4 nitrogen and oxygen atoms in total. The zero-order chi connectivity index (χ0) is 14.3. The second kappa shape index (κ2) is 7.45. The van der Waals surface area contributed by atoms with Crippen molar-refractivity contribution in [3.8, 4) is 11.8 Å². The Morgan fingerprint density at radius 2 is 2.16 bits per heavy atom. The number of aliphatic hydroxyl groups excluding tert-OH is 1. The Morgan fingerprint density at radius 1 is 1.42 bits per heavy atom. The van der Waals surface area contributed by atoms with Crippen LogP contribution in [0.2, 0.25) is 0 Å². The number of urea groups is 1. The summed E-state index contributed by atoms with van der Waals surface area (Å²) in [6.45, 7) is 5.79. The summed E-state index contributed by atoms with van der Waals surface area (Å²) in [5.41, 5.74) is 2.48. The number of rotatable bonds is 3. The molecule has 19 heavy (non-hydrogen) atoms. The smallest absolute Gasteiger partial charge is 0.319 e. The average Bonchev–Trinajstić information content (AvgIpc) is 2.31. The van der Waals surface area contributed by atoms with Crippen molar-refractivity contribution in [1.82, 2.24) is 5.32 Å². The standard InChI is InChI=1S/C15H20N2O2/c1-11(2)16-15(19)17-14-10-12(3)7-8-13(14)6-4-5-9-18/h7-8,10-11,18H,5,9H2,1-3H3,(H2,16,17,19). The van der Waals surface area contributed by atoms with Crippen LogP contribution < -0.4 is 10.6 Å². The first-order valence-electron chi connectivity index (χ1n) is 6.31. The lowest BCUT2D eigenvalue weighted by atomic mass is 10.1. The topological polar surface area (TPSA) is 61.4 Å². The quantitative estimate of drug-likeness (QED) is 0.730. The summed E-state index contributed by atoms with van der Waals surface area (Å²) in [5.74, 6) is 5.80. The first-order valence-corrected chi connectivity index (χ1v) is 6.31. The first kappa shape index (κ1) is 15.1. The molecule has 3 N–H and O–H groups in total. The van der Waals surface area contributed by atoms with Gasteiger partial charge in [-0.2, -0.15) is 0 Å². The minimum atomic E-state index is -0.245. The Balaban J connectivity index is 2.89. The second-order valence-electron chi connectivity index (χ2n) is 4.58. The lowest BCUT2D eigenvalue weighted by Gasteiger charge is -2.12. The number of carbonyl (C=O) groups excluding carboxylic acids is 1. The van der Waals surface area contributed by atoms with Crippen LogP contribution in [0, 0.1) is 18.8 Å². The minimum absolute atomic E-state index is 0.0372. The molecule has 2 amide bonds. The maximum atomic E-state index is 11.7. The van der Waals surface area contributed by atoms with Gasteiger partial charge in [-0.3, -0.25) is 0 Å². The largest absolute Gasteiger partial charge is 0.395 e. The minimum Gasteiger partial charge on any atom is -0.395 e. The van der Waals surface area contributed by atoms with Gasteiger partial charge >= 0.3 is 6.03 Å². The summed E-state index contributed by atoms with van der Waals surface area (Å²) in [4.78, 5) is 11.7. The Kier molecular flexibility index (Phi) is 5.91. The van der Waals surface area contributed by atoms with Crippen molar-refractivity contribution >= 4 is 11.7 Å². The fourth-order valence-corrected chi connectivity index (χ4v) is 1.50. The van der Waals surface area contributed by atoms with Gasteiger partial charge in [-0.1, -0.05) is 17.9 Å². The number of hydrogen-bond acceptors (Lipinski definition) is 2. The predicted molar refractivity (Wildman–Crippen MR) is 77.1 cm³/mol. The molecule has 1 rings (SSSR count). The van der Waals surface area contributed by atoms with E-state index in [1.54, 1.807) is 0 Å². The number of nitrogens with one attached hydrogen (secondary N) is 2. The SMILES string of the molecule is Cc1ccc(C#CCCO)c(NC(=O)NC(C)C)c1. The Labute approximate surface area is 114 Å². The van der Waals surface area contributed by atoms with E-state index in [1.165, 1.54) is 0 Å². The van der Waals surface area contributed by atoms with Crippen LogP contribution >= 0.6 is 0 Å². The molecule has 4 heteroatoms. The lowest BCUT2D eigenvalue weighted by Crippen LogP contribution is -2.34. The van der Waals surface area contributed by atoms with Crippen molar-refractivity contribution < 1.29 is 9.90 Å². The van der Waals surface area contributed by atoms with E-state index in [-0.39, 0.29) is 18.7 Å². The number of amides is 2. The van der Waals surface area contributed by atoms with Gasteiger partial charge in [-0.25, -0.2) is 4.79 Å². The van der Waals surface area contributed by atoms with Gasteiger partial charge in [0.05, 0.1) is 12.3 Å². The molecule has 0 aliphatic carbocycles. The summed E-state index contributed by atoms with van der Waals surface area (Å²) in [7, 11) is 0. The highest BCUT2D eigenvalue weighted by Gasteiger charge is 2.06. The summed E-state index contributed by atoms with van der Waals surface area (Å²) in [6.07, 6.45) is 0.422. The van der Waals surface area contributed by atoms with Crippen molar-refractivity contribution in [3.05, 3.63) is 29.3 Å². The normalized spacial score (nSPS) is 9.74. The van der Waals surface area contributed by atoms with Gasteiger partial charge in [0.2, 0.25) is 0 Å². The number of anilines is 1. The fraction of sp³-hybridized carbons (Fsp3) is 0.400. The van der Waals surface area contributed by atoms with Crippen molar-refractivity contribution in [2.24, 2.45) is 0 Å². The van der Waals surface area contributed by atoms with Crippen LogP contribution in [0.25, 0.3) is 0 Å². The lowest BCUT2D eigenvalue weighted by molar-refractivity contribution is 0.250. The highest BCUT2D eigenvalue weighted by Crippen LogP contribution is 2.16. The maximum absolute atomic E-state index is 11.7. The Morgan fingerprint density at radius 3 is 2.79 bits per heavy atom. The summed E-state index contributed by atoms with van der Waals surface area (Å²) in [5, 5.41) is 14.3. The molecule has 1 aromatic rings. The third-order valence-corrected chi connectivity index (χ3v) is 2.30. The average molecular weight is 260 g/mol. The molecule has 102 valence electrons. The first-order chi connectivity index (χ1) is 9.02. The molecule has 0 aromatic heterocycles. The Hall–Kier alpha value is -1.99. The van der Waals surface area contributed by atoms with Crippen molar-refractivity contribution in [1.29, 1.82) is 0 Å². The summed E-state index contributed by atoms with van der Waals surface area (Å²) < 4.78 is 0. The molecule has 0 atom stereocenters. The zero-order valence-electron chi connectivity index (χ0n) is 11.6. The molecule has 1 aromatic carbocycles. The van der Waals surface area contributed by atoms with Crippen LogP contribution in [0.3, 0.4) is 0 Å². The van der Waals surface area contributed by atoms with Crippen LogP contribution in [-0.2, 0) is 0 Å².